The molecular weight excluding hydrogens is 404 g/mol. The van der Waals surface area contributed by atoms with E-state index >= 15 is 0 Å². The van der Waals surface area contributed by atoms with E-state index < -0.39 is 5.97 Å². The van der Waals surface area contributed by atoms with Crippen LogP contribution in [-0.4, -0.2) is 50.1 Å². The molecule has 1 atom stereocenters. The number of fused-ring (bicyclic) bond motifs is 3. The van der Waals surface area contributed by atoms with Crippen molar-refractivity contribution in [3.05, 3.63) is 64.8 Å². The van der Waals surface area contributed by atoms with Crippen LogP contribution in [0.4, 0.5) is 5.82 Å². The second-order valence-electron chi connectivity index (χ2n) is 6.88. The van der Waals surface area contributed by atoms with Gasteiger partial charge in [-0.15, -0.1) is 11.3 Å². The highest BCUT2D eigenvalue weighted by Crippen LogP contribution is 2.38. The lowest BCUT2D eigenvalue weighted by Gasteiger charge is -2.26. The van der Waals surface area contributed by atoms with E-state index in [1.165, 1.54) is 17.7 Å². The normalized spacial score (nSPS) is 14.6. The predicted octanol–water partition coefficient (Wildman–Crippen LogP) is 2.36. The number of carboxylic acids is 1. The third-order valence-electron chi connectivity index (χ3n) is 5.01. The van der Waals surface area contributed by atoms with Crippen molar-refractivity contribution >= 4 is 39.2 Å². The van der Waals surface area contributed by atoms with Crippen molar-refractivity contribution in [2.24, 2.45) is 0 Å². The Morgan fingerprint density at radius 1 is 1.23 bits per heavy atom. The van der Waals surface area contributed by atoms with E-state index in [1.807, 2.05) is 30.3 Å². The number of hydrogen-bond donors (Lipinski definition) is 3. The van der Waals surface area contributed by atoms with Gasteiger partial charge in [0.05, 0.1) is 24.6 Å². The second kappa shape index (κ2) is 8.60. The Morgan fingerprint density at radius 2 is 2.03 bits per heavy atom. The first-order valence-corrected chi connectivity index (χ1v) is 10.3. The van der Waals surface area contributed by atoms with Crippen LogP contribution in [0.15, 0.2) is 48.8 Å². The van der Waals surface area contributed by atoms with Crippen LogP contribution < -0.4 is 5.32 Å². The Kier molecular flexibility index (Phi) is 5.73. The van der Waals surface area contributed by atoms with Crippen LogP contribution in [0.1, 0.15) is 22.0 Å². The van der Waals surface area contributed by atoms with Crippen molar-refractivity contribution < 1.29 is 19.8 Å². The Hall–Kier alpha value is -3.30. The smallest absolute Gasteiger partial charge is 0.328 e. The van der Waals surface area contributed by atoms with Gasteiger partial charge in [-0.2, -0.15) is 0 Å². The largest absolute Gasteiger partial charge is 0.478 e. The molecule has 0 bridgehead atoms. The average molecular weight is 424 g/mol. The van der Waals surface area contributed by atoms with Gasteiger partial charge in [-0.25, -0.2) is 14.8 Å². The number of anilines is 1. The highest BCUT2D eigenvalue weighted by atomic mass is 32.1. The second-order valence-corrected chi connectivity index (χ2v) is 7.96. The van der Waals surface area contributed by atoms with Gasteiger partial charge in [-0.3, -0.25) is 4.79 Å². The summed E-state index contributed by atoms with van der Waals surface area (Å²) >= 11 is 1.50. The Labute approximate surface area is 176 Å². The summed E-state index contributed by atoms with van der Waals surface area (Å²) in [5.41, 5.74) is 2.05. The van der Waals surface area contributed by atoms with E-state index in [4.69, 9.17) is 5.11 Å². The van der Waals surface area contributed by atoms with Crippen LogP contribution in [0.2, 0.25) is 0 Å². The van der Waals surface area contributed by atoms with Crippen LogP contribution in [0.25, 0.3) is 10.2 Å². The molecule has 0 spiro atoms. The topological polar surface area (TPSA) is 116 Å². The summed E-state index contributed by atoms with van der Waals surface area (Å²) in [4.78, 5) is 35.2. The third-order valence-corrected chi connectivity index (χ3v) is 6.14. The minimum absolute atomic E-state index is 0.0833. The van der Waals surface area contributed by atoms with Crippen LogP contribution in [0.5, 0.6) is 0 Å². The van der Waals surface area contributed by atoms with Gasteiger partial charge in [0, 0.05) is 23.6 Å². The summed E-state index contributed by atoms with van der Waals surface area (Å²) in [6.07, 6.45) is 4.05. The maximum absolute atomic E-state index is 12.2. The monoisotopic (exact) mass is 424 g/mol. The Balaban J connectivity index is 1.63. The molecule has 0 fully saturated rings. The minimum atomic E-state index is -1.15. The highest BCUT2D eigenvalue weighted by Gasteiger charge is 2.26. The zero-order valence-corrected chi connectivity index (χ0v) is 16.8. The lowest BCUT2D eigenvalue weighted by Crippen LogP contribution is -2.34. The third kappa shape index (κ3) is 4.03. The molecule has 1 unspecified atom stereocenters. The van der Waals surface area contributed by atoms with E-state index in [9.17, 15) is 14.7 Å². The molecule has 30 heavy (non-hydrogen) atoms. The summed E-state index contributed by atoms with van der Waals surface area (Å²) in [5.74, 6) is -0.814. The first-order valence-electron chi connectivity index (χ1n) is 9.44. The van der Waals surface area contributed by atoms with Crippen LogP contribution in [0, 0.1) is 0 Å². The van der Waals surface area contributed by atoms with Crippen LogP contribution >= 0.6 is 11.3 Å². The van der Waals surface area contributed by atoms with Crippen LogP contribution in [-0.2, 0) is 22.6 Å². The lowest BCUT2D eigenvalue weighted by molar-refractivity contribution is -0.132. The first-order chi connectivity index (χ1) is 14.6. The zero-order chi connectivity index (χ0) is 21.1. The van der Waals surface area contributed by atoms with Crippen molar-refractivity contribution in [2.75, 3.05) is 18.5 Å². The number of rotatable bonds is 6. The molecule has 1 aliphatic rings. The number of nitrogens with one attached hydrogen (secondary N) is 1. The molecule has 154 valence electrons. The Bertz CT molecular complexity index is 1110. The van der Waals surface area contributed by atoms with Gasteiger partial charge in [0.25, 0.3) is 0 Å². The maximum atomic E-state index is 12.2. The van der Waals surface area contributed by atoms with Crippen molar-refractivity contribution in [3.63, 3.8) is 0 Å². The highest BCUT2D eigenvalue weighted by molar-refractivity contribution is 7.19. The van der Waals surface area contributed by atoms with E-state index in [2.05, 4.69) is 15.3 Å². The summed E-state index contributed by atoms with van der Waals surface area (Å²) in [6, 6.07) is 9.36. The number of aromatic nitrogens is 2. The first kappa shape index (κ1) is 20.0. The van der Waals surface area contributed by atoms with E-state index in [1.54, 1.807) is 4.90 Å². The van der Waals surface area contributed by atoms with Gasteiger partial charge in [-0.05, 0) is 17.5 Å². The van der Waals surface area contributed by atoms with E-state index in [0.29, 0.717) is 25.3 Å². The number of carboxylic acid groups (broad SMARTS) is 1. The lowest BCUT2D eigenvalue weighted by atomic mass is 10.0. The number of carbonyl (C=O) groups is 2. The molecule has 9 heteroatoms. The molecule has 1 amide bonds. The molecule has 8 nitrogen and oxygen atoms in total. The van der Waals surface area contributed by atoms with Crippen molar-refractivity contribution in [1.82, 2.24) is 14.9 Å². The molecular formula is C21H20N4O4S. The molecule has 3 N–H and O–H groups in total. The summed E-state index contributed by atoms with van der Waals surface area (Å²) in [5, 5.41) is 22.9. The van der Waals surface area contributed by atoms with Crippen LogP contribution in [0.3, 0.4) is 0 Å². The number of aliphatic hydroxyl groups is 1. The molecule has 3 heterocycles. The maximum Gasteiger partial charge on any atom is 0.328 e. The quantitative estimate of drug-likeness (QED) is 0.520. The van der Waals surface area contributed by atoms with Gasteiger partial charge >= 0.3 is 5.97 Å². The van der Waals surface area contributed by atoms with Gasteiger partial charge in [0.2, 0.25) is 5.91 Å². The fourth-order valence-corrected chi connectivity index (χ4v) is 4.76. The Morgan fingerprint density at radius 3 is 2.77 bits per heavy atom. The summed E-state index contributed by atoms with van der Waals surface area (Å²) in [6.45, 7) is 0.804. The minimum Gasteiger partial charge on any atom is -0.478 e. The molecule has 1 aromatic carbocycles. The molecule has 4 rings (SSSR count). The van der Waals surface area contributed by atoms with Crippen molar-refractivity contribution in [1.29, 1.82) is 0 Å². The van der Waals surface area contributed by atoms with Gasteiger partial charge in [-0.1, -0.05) is 30.3 Å². The fourth-order valence-electron chi connectivity index (χ4n) is 3.56. The average Bonchev–Trinajstić information content (AvgIpc) is 3.14. The number of amides is 1. The zero-order valence-electron chi connectivity index (χ0n) is 16.0. The van der Waals surface area contributed by atoms with Crippen molar-refractivity contribution in [3.8, 4) is 0 Å². The number of aliphatic carboxylic acids is 1. The molecule has 0 radical (unpaired) electrons. The van der Waals surface area contributed by atoms with Gasteiger partial charge in [0.15, 0.2) is 0 Å². The number of thiophene rings is 1. The molecule has 0 saturated carbocycles. The number of aliphatic hydroxyl groups excluding tert-OH is 1. The SMILES string of the molecule is O=C(O)C=CC(=O)N1CCc2c(sc3ncnc(NC(CO)c4ccccc4)c23)C1. The number of hydrogen-bond acceptors (Lipinski definition) is 7. The molecule has 0 saturated heterocycles. The molecule has 0 aliphatic carbocycles. The number of carbonyl (C=O) groups excluding carboxylic acids is 1. The number of nitrogens with zero attached hydrogens (tertiary/aromatic N) is 3. The molecule has 2 aromatic heterocycles. The summed E-state index contributed by atoms with van der Waals surface area (Å²) in [7, 11) is 0. The van der Waals surface area contributed by atoms with E-state index in [0.717, 1.165) is 38.4 Å². The molecule has 3 aromatic rings. The fraction of sp³-hybridized carbons (Fsp3) is 0.238. The number of benzene rings is 1. The molecule has 1 aliphatic heterocycles. The van der Waals surface area contributed by atoms with E-state index in [-0.39, 0.29) is 18.6 Å². The standard InChI is InChI=1S/C21H20N4O4S/c26-11-15(13-4-2-1-3-5-13)24-20-19-14-8-9-25(17(27)6-7-18(28)29)10-16(14)30-21(19)23-12-22-20/h1-7,12,15,26H,8-11H2,(H,28,29)(H,22,23,24). The van der Waals surface area contributed by atoms with Gasteiger partial charge in [0.1, 0.15) is 17.0 Å². The van der Waals surface area contributed by atoms with Crippen molar-refractivity contribution in [2.45, 2.75) is 19.0 Å². The van der Waals surface area contributed by atoms with Gasteiger partial charge < -0.3 is 20.4 Å². The summed E-state index contributed by atoms with van der Waals surface area (Å²) < 4.78 is 0. The predicted molar refractivity (Wildman–Crippen MR) is 113 cm³/mol.